The predicted molar refractivity (Wildman–Crippen MR) is 74.4 cm³/mol. The Morgan fingerprint density at radius 1 is 1.25 bits per heavy atom. The largest absolute Gasteiger partial charge is 0.507 e. The average Bonchev–Trinajstić information content (AvgIpc) is 2.47. The van der Waals surface area contributed by atoms with Crippen molar-refractivity contribution in [3.63, 3.8) is 0 Å². The van der Waals surface area contributed by atoms with Crippen molar-refractivity contribution in [2.75, 3.05) is 19.5 Å². The molecule has 5 nitrogen and oxygen atoms in total. The number of benzene rings is 2. The molecule has 0 heterocycles. The molecular weight excluding hydrogens is 258 g/mol. The Morgan fingerprint density at radius 3 is 2.70 bits per heavy atom. The summed E-state index contributed by atoms with van der Waals surface area (Å²) in [5.41, 5.74) is 0.595. The van der Waals surface area contributed by atoms with Gasteiger partial charge in [-0.1, -0.05) is 6.07 Å². The van der Waals surface area contributed by atoms with E-state index in [2.05, 4.69) is 11.4 Å². The Kier molecular flexibility index (Phi) is 4.10. The van der Waals surface area contributed by atoms with Crippen molar-refractivity contribution in [1.29, 1.82) is 0 Å². The number of hydrogen-bond acceptors (Lipinski definition) is 4. The van der Waals surface area contributed by atoms with Gasteiger partial charge in [0.15, 0.2) is 0 Å². The van der Waals surface area contributed by atoms with Gasteiger partial charge in [0.05, 0.1) is 25.5 Å². The highest BCUT2D eigenvalue weighted by molar-refractivity contribution is 6.06. The van der Waals surface area contributed by atoms with E-state index in [9.17, 15) is 9.90 Å². The topological polar surface area (TPSA) is 67.8 Å². The zero-order chi connectivity index (χ0) is 14.5. The Morgan fingerprint density at radius 2 is 2.05 bits per heavy atom. The number of carbonyl (C=O) groups is 1. The van der Waals surface area contributed by atoms with Crippen LogP contribution >= 0.6 is 0 Å². The molecule has 1 amide bonds. The summed E-state index contributed by atoms with van der Waals surface area (Å²) in [6, 6.07) is 12.1. The molecule has 0 aliphatic heterocycles. The average molecular weight is 272 g/mol. The maximum Gasteiger partial charge on any atom is 0.259 e. The molecule has 0 saturated heterocycles. The standard InChI is InChI=1S/C15H14NO4/c1-19-10-7-8-14(20-2)12(9-10)16-15(18)11-5-3-4-6-13(11)17/h4-9,17H,1-2H3,(H,16,18). The van der Waals surface area contributed by atoms with Gasteiger partial charge >= 0.3 is 0 Å². The van der Waals surface area contributed by atoms with Crippen molar-refractivity contribution in [3.8, 4) is 17.2 Å². The fraction of sp³-hybridized carbons (Fsp3) is 0.133. The van der Waals surface area contributed by atoms with Gasteiger partial charge in [0, 0.05) is 6.07 Å². The predicted octanol–water partition coefficient (Wildman–Crippen LogP) is 2.46. The summed E-state index contributed by atoms with van der Waals surface area (Å²) in [6.07, 6.45) is 0. The lowest BCUT2D eigenvalue weighted by molar-refractivity contribution is 0.102. The molecule has 5 heteroatoms. The van der Waals surface area contributed by atoms with Crippen molar-refractivity contribution < 1.29 is 19.4 Å². The van der Waals surface area contributed by atoms with Gasteiger partial charge in [-0.2, -0.15) is 0 Å². The molecule has 0 atom stereocenters. The van der Waals surface area contributed by atoms with Crippen molar-refractivity contribution in [3.05, 3.63) is 48.0 Å². The minimum absolute atomic E-state index is 0.108. The number of methoxy groups -OCH3 is 2. The molecule has 0 aliphatic rings. The lowest BCUT2D eigenvalue weighted by atomic mass is 10.2. The van der Waals surface area contributed by atoms with E-state index in [0.29, 0.717) is 17.2 Å². The van der Waals surface area contributed by atoms with Crippen LogP contribution in [0.25, 0.3) is 0 Å². The Bertz CT molecular complexity index is 625. The van der Waals surface area contributed by atoms with E-state index in [-0.39, 0.29) is 11.3 Å². The third kappa shape index (κ3) is 2.83. The summed E-state index contributed by atoms with van der Waals surface area (Å²) in [6.45, 7) is 0. The van der Waals surface area contributed by atoms with Crippen LogP contribution < -0.4 is 14.8 Å². The minimum Gasteiger partial charge on any atom is -0.507 e. The molecular formula is C15H14NO4. The molecule has 2 aromatic carbocycles. The second-order valence-corrected chi connectivity index (χ2v) is 3.96. The number of aromatic hydroxyl groups is 1. The first-order valence-corrected chi connectivity index (χ1v) is 5.88. The normalized spacial score (nSPS) is 9.90. The zero-order valence-electron chi connectivity index (χ0n) is 11.1. The third-order valence-electron chi connectivity index (χ3n) is 2.74. The molecule has 0 spiro atoms. The minimum atomic E-state index is -0.453. The lowest BCUT2D eigenvalue weighted by Gasteiger charge is -2.12. The van der Waals surface area contributed by atoms with Crippen molar-refractivity contribution >= 4 is 11.6 Å². The second-order valence-electron chi connectivity index (χ2n) is 3.96. The number of rotatable bonds is 4. The third-order valence-corrected chi connectivity index (χ3v) is 2.74. The molecule has 0 aliphatic carbocycles. The van der Waals surface area contributed by atoms with E-state index < -0.39 is 5.91 Å². The van der Waals surface area contributed by atoms with E-state index >= 15 is 0 Å². The number of phenolic OH excluding ortho intramolecular Hbond substituents is 1. The van der Waals surface area contributed by atoms with Crippen molar-refractivity contribution in [1.82, 2.24) is 0 Å². The Labute approximate surface area is 116 Å². The summed E-state index contributed by atoms with van der Waals surface area (Å²) < 4.78 is 10.3. The van der Waals surface area contributed by atoms with E-state index in [1.807, 2.05) is 0 Å². The number of hydrogen-bond donors (Lipinski definition) is 2. The summed E-state index contributed by atoms with van der Waals surface area (Å²) in [4.78, 5) is 12.1. The smallest absolute Gasteiger partial charge is 0.259 e. The second kappa shape index (κ2) is 5.97. The van der Waals surface area contributed by atoms with Crippen molar-refractivity contribution in [2.45, 2.75) is 0 Å². The van der Waals surface area contributed by atoms with Gasteiger partial charge in [-0.3, -0.25) is 4.79 Å². The van der Waals surface area contributed by atoms with Gasteiger partial charge in [0.25, 0.3) is 5.91 Å². The fourth-order valence-corrected chi connectivity index (χ4v) is 1.71. The first-order valence-electron chi connectivity index (χ1n) is 5.88. The van der Waals surface area contributed by atoms with E-state index in [0.717, 1.165) is 0 Å². The van der Waals surface area contributed by atoms with E-state index in [1.165, 1.54) is 32.4 Å². The van der Waals surface area contributed by atoms with Crippen LogP contribution in [0.2, 0.25) is 0 Å². The molecule has 2 rings (SSSR count). The van der Waals surface area contributed by atoms with Crippen LogP contribution in [0.15, 0.2) is 36.4 Å². The molecule has 0 aromatic heterocycles. The van der Waals surface area contributed by atoms with Gasteiger partial charge in [-0.15, -0.1) is 0 Å². The maximum atomic E-state index is 12.1. The SMILES string of the molecule is COc1ccc(OC)c(NC(=O)c2c[c]ccc2O)c1. The first-order chi connectivity index (χ1) is 9.65. The van der Waals surface area contributed by atoms with Crippen LogP contribution in [0.4, 0.5) is 5.69 Å². The number of nitrogens with one attached hydrogen (secondary N) is 1. The molecule has 103 valence electrons. The van der Waals surface area contributed by atoms with Gasteiger partial charge < -0.3 is 19.9 Å². The number of phenols is 1. The van der Waals surface area contributed by atoms with Crippen LogP contribution in [0.3, 0.4) is 0 Å². The van der Waals surface area contributed by atoms with Crippen LogP contribution in [0, 0.1) is 6.07 Å². The highest BCUT2D eigenvalue weighted by Gasteiger charge is 2.13. The summed E-state index contributed by atoms with van der Waals surface area (Å²) in [5, 5.41) is 12.3. The monoisotopic (exact) mass is 272 g/mol. The zero-order valence-corrected chi connectivity index (χ0v) is 11.1. The number of ether oxygens (including phenoxy) is 2. The Balaban J connectivity index is 2.29. The summed E-state index contributed by atoms with van der Waals surface area (Å²) in [5.74, 6) is 0.525. The first kappa shape index (κ1) is 13.7. The molecule has 20 heavy (non-hydrogen) atoms. The molecule has 0 unspecified atom stereocenters. The number of amides is 1. The van der Waals surface area contributed by atoms with Gasteiger partial charge in [-0.25, -0.2) is 0 Å². The molecule has 0 bridgehead atoms. The molecule has 0 fully saturated rings. The lowest BCUT2D eigenvalue weighted by Crippen LogP contribution is -2.13. The maximum absolute atomic E-state index is 12.1. The summed E-state index contributed by atoms with van der Waals surface area (Å²) >= 11 is 0. The molecule has 1 radical (unpaired) electrons. The molecule has 2 aromatic rings. The quantitative estimate of drug-likeness (QED) is 0.897. The Hall–Kier alpha value is -2.69. The van der Waals surface area contributed by atoms with Gasteiger partial charge in [0.1, 0.15) is 17.2 Å². The van der Waals surface area contributed by atoms with Crippen LogP contribution in [-0.4, -0.2) is 25.2 Å². The van der Waals surface area contributed by atoms with E-state index in [4.69, 9.17) is 9.47 Å². The number of carbonyl (C=O) groups excluding carboxylic acids is 1. The van der Waals surface area contributed by atoms with E-state index in [1.54, 1.807) is 18.2 Å². The van der Waals surface area contributed by atoms with Crippen LogP contribution in [0.5, 0.6) is 17.2 Å². The number of anilines is 1. The van der Waals surface area contributed by atoms with Gasteiger partial charge in [0.2, 0.25) is 0 Å². The van der Waals surface area contributed by atoms with Crippen LogP contribution in [-0.2, 0) is 0 Å². The summed E-state index contributed by atoms with van der Waals surface area (Å²) in [7, 11) is 3.04. The molecule has 2 N–H and O–H groups in total. The van der Waals surface area contributed by atoms with Crippen molar-refractivity contribution in [2.24, 2.45) is 0 Å². The highest BCUT2D eigenvalue weighted by Crippen LogP contribution is 2.29. The fourth-order valence-electron chi connectivity index (χ4n) is 1.71. The highest BCUT2D eigenvalue weighted by atomic mass is 16.5. The van der Waals surface area contributed by atoms with Crippen LogP contribution in [0.1, 0.15) is 10.4 Å². The van der Waals surface area contributed by atoms with Gasteiger partial charge in [-0.05, 0) is 30.3 Å². The molecule has 0 saturated carbocycles.